The summed E-state index contributed by atoms with van der Waals surface area (Å²) in [5.74, 6) is 0.710. The van der Waals surface area contributed by atoms with Crippen molar-refractivity contribution in [3.05, 3.63) is 40.7 Å². The number of nitrogens with zero attached hydrogens (tertiary/aromatic N) is 6. The van der Waals surface area contributed by atoms with Crippen molar-refractivity contribution >= 4 is 18.1 Å². The number of hydrogen-bond donors (Lipinski definition) is 0. The largest absolute Gasteiger partial charge is 0.340 e. The molecule has 1 aromatic heterocycles. The molecule has 1 atom stereocenters. The molecule has 1 aromatic carbocycles. The Balaban J connectivity index is 1.83. The highest BCUT2D eigenvalue weighted by atomic mass is 32.1. The van der Waals surface area contributed by atoms with Crippen LogP contribution in [0.3, 0.4) is 0 Å². The van der Waals surface area contributed by atoms with Gasteiger partial charge in [-0.1, -0.05) is 20.8 Å². The van der Waals surface area contributed by atoms with Gasteiger partial charge < -0.3 is 4.90 Å². The smallest absolute Gasteiger partial charge is 0.228 e. The summed E-state index contributed by atoms with van der Waals surface area (Å²) < 4.78 is 17.8. The van der Waals surface area contributed by atoms with E-state index in [0.717, 1.165) is 24.6 Å². The van der Waals surface area contributed by atoms with Crippen LogP contribution in [0.1, 0.15) is 39.6 Å². The first-order valence-corrected chi connectivity index (χ1v) is 11.0. The standard InChI is InChI=1S/C22H33FN6OS/c1-16(25(5)6)19-24-28(21(31)29(19)18-9-7-17(23)8-10-18)15-26-11-13-27(14-12-26)20(30)22(2,3)4/h7-10,16H,11-15H2,1-6H3. The van der Waals surface area contributed by atoms with Gasteiger partial charge in [-0.25, -0.2) is 9.07 Å². The van der Waals surface area contributed by atoms with Crippen LogP contribution in [0.5, 0.6) is 0 Å². The predicted octanol–water partition coefficient (Wildman–Crippen LogP) is 3.31. The molecule has 1 saturated heterocycles. The minimum atomic E-state index is -0.365. The third-order valence-corrected chi connectivity index (χ3v) is 6.13. The van der Waals surface area contributed by atoms with Crippen LogP contribution in [0, 0.1) is 16.0 Å². The Bertz CT molecular complexity index is 967. The number of carbonyl (C=O) groups is 1. The summed E-state index contributed by atoms with van der Waals surface area (Å²) in [6, 6.07) is 6.34. The second kappa shape index (κ2) is 9.18. The maximum Gasteiger partial charge on any atom is 0.228 e. The molecular weight excluding hydrogens is 415 g/mol. The lowest BCUT2D eigenvalue weighted by molar-refractivity contribution is -0.141. The first-order chi connectivity index (χ1) is 14.5. The Morgan fingerprint density at radius 3 is 2.26 bits per heavy atom. The predicted molar refractivity (Wildman–Crippen MR) is 122 cm³/mol. The van der Waals surface area contributed by atoms with Gasteiger partial charge in [0, 0.05) is 37.3 Å². The first kappa shape index (κ1) is 23.6. The van der Waals surface area contributed by atoms with Gasteiger partial charge in [-0.15, -0.1) is 0 Å². The highest BCUT2D eigenvalue weighted by molar-refractivity contribution is 7.71. The fraction of sp³-hybridized carbons (Fsp3) is 0.591. The number of carbonyl (C=O) groups excluding carboxylic acids is 1. The van der Waals surface area contributed by atoms with E-state index in [1.54, 1.807) is 12.1 Å². The van der Waals surface area contributed by atoms with E-state index in [0.29, 0.717) is 24.5 Å². The van der Waals surface area contributed by atoms with Gasteiger partial charge in [0.2, 0.25) is 10.7 Å². The Kier molecular flexibility index (Phi) is 6.98. The fourth-order valence-electron chi connectivity index (χ4n) is 3.61. The summed E-state index contributed by atoms with van der Waals surface area (Å²) in [5.41, 5.74) is 0.428. The Labute approximate surface area is 189 Å². The van der Waals surface area contributed by atoms with Crippen LogP contribution in [0.4, 0.5) is 4.39 Å². The topological polar surface area (TPSA) is 49.5 Å². The van der Waals surface area contributed by atoms with Crippen molar-refractivity contribution in [3.8, 4) is 5.69 Å². The monoisotopic (exact) mass is 448 g/mol. The molecule has 31 heavy (non-hydrogen) atoms. The molecule has 0 spiro atoms. The Morgan fingerprint density at radius 2 is 1.74 bits per heavy atom. The van der Waals surface area contributed by atoms with Crippen LogP contribution in [0.15, 0.2) is 24.3 Å². The molecule has 0 aliphatic carbocycles. The summed E-state index contributed by atoms with van der Waals surface area (Å²) >= 11 is 5.78. The number of hydrogen-bond acceptors (Lipinski definition) is 5. The van der Waals surface area contributed by atoms with Gasteiger partial charge in [0.1, 0.15) is 5.82 Å². The maximum atomic E-state index is 13.5. The quantitative estimate of drug-likeness (QED) is 0.657. The molecule has 0 N–H and O–H groups in total. The third-order valence-electron chi connectivity index (χ3n) is 5.73. The number of halogens is 1. The van der Waals surface area contributed by atoms with Crippen LogP contribution in [0.2, 0.25) is 0 Å². The molecular formula is C22H33FN6OS. The molecule has 2 aromatic rings. The first-order valence-electron chi connectivity index (χ1n) is 10.6. The Morgan fingerprint density at radius 1 is 1.16 bits per heavy atom. The number of benzene rings is 1. The summed E-state index contributed by atoms with van der Waals surface area (Å²) in [6.45, 7) is 11.4. The molecule has 3 rings (SSSR count). The molecule has 0 saturated carbocycles. The molecule has 2 heterocycles. The van der Waals surface area contributed by atoms with Crippen molar-refractivity contribution in [3.63, 3.8) is 0 Å². The zero-order valence-electron chi connectivity index (χ0n) is 19.3. The summed E-state index contributed by atoms with van der Waals surface area (Å²) in [5, 5.41) is 4.84. The molecule has 7 nitrogen and oxygen atoms in total. The van der Waals surface area contributed by atoms with Gasteiger partial charge in [-0.2, -0.15) is 5.10 Å². The molecule has 0 bridgehead atoms. The normalized spacial score (nSPS) is 16.7. The molecule has 170 valence electrons. The van der Waals surface area contributed by atoms with Gasteiger partial charge in [0.05, 0.1) is 12.7 Å². The number of amides is 1. The van der Waals surface area contributed by atoms with Crippen molar-refractivity contribution in [2.75, 3.05) is 40.3 Å². The third kappa shape index (κ3) is 5.22. The fourth-order valence-corrected chi connectivity index (χ4v) is 3.90. The van der Waals surface area contributed by atoms with E-state index in [4.69, 9.17) is 17.3 Å². The van der Waals surface area contributed by atoms with Gasteiger partial charge in [0.15, 0.2) is 5.82 Å². The van der Waals surface area contributed by atoms with Crippen molar-refractivity contribution in [1.29, 1.82) is 0 Å². The molecule has 1 fully saturated rings. The van der Waals surface area contributed by atoms with E-state index in [1.807, 2.05) is 49.0 Å². The lowest BCUT2D eigenvalue weighted by Gasteiger charge is -2.37. The summed E-state index contributed by atoms with van der Waals surface area (Å²) in [6.07, 6.45) is 0. The molecule has 1 unspecified atom stereocenters. The SMILES string of the molecule is CC(c1nn(CN2CCN(C(=O)C(C)(C)C)CC2)c(=S)n1-c1ccc(F)cc1)N(C)C. The van der Waals surface area contributed by atoms with E-state index in [9.17, 15) is 9.18 Å². The average Bonchev–Trinajstić information content (AvgIpc) is 3.03. The van der Waals surface area contributed by atoms with E-state index in [1.165, 1.54) is 12.1 Å². The number of aromatic nitrogens is 3. The lowest BCUT2D eigenvalue weighted by atomic mass is 9.94. The van der Waals surface area contributed by atoms with Crippen molar-refractivity contribution in [2.45, 2.75) is 40.4 Å². The van der Waals surface area contributed by atoms with E-state index < -0.39 is 0 Å². The second-order valence-electron chi connectivity index (χ2n) is 9.39. The molecule has 1 amide bonds. The second-order valence-corrected chi connectivity index (χ2v) is 9.76. The van der Waals surface area contributed by atoms with E-state index >= 15 is 0 Å². The summed E-state index contributed by atoms with van der Waals surface area (Å²) in [7, 11) is 3.99. The minimum Gasteiger partial charge on any atom is -0.340 e. The molecule has 1 aliphatic rings. The van der Waals surface area contributed by atoms with Gasteiger partial charge in [0.25, 0.3) is 0 Å². The minimum absolute atomic E-state index is 0.0225. The van der Waals surface area contributed by atoms with Crippen LogP contribution < -0.4 is 0 Å². The highest BCUT2D eigenvalue weighted by Crippen LogP contribution is 2.22. The highest BCUT2D eigenvalue weighted by Gasteiger charge is 2.30. The zero-order chi connectivity index (χ0) is 22.9. The van der Waals surface area contributed by atoms with Crippen LogP contribution in [-0.2, 0) is 11.5 Å². The lowest BCUT2D eigenvalue weighted by Crippen LogP contribution is -2.51. The number of piperazine rings is 1. The van der Waals surface area contributed by atoms with E-state index in [2.05, 4.69) is 16.7 Å². The van der Waals surface area contributed by atoms with Gasteiger partial charge in [-0.3, -0.25) is 19.2 Å². The van der Waals surface area contributed by atoms with Crippen LogP contribution in [-0.4, -0.2) is 75.2 Å². The van der Waals surface area contributed by atoms with E-state index in [-0.39, 0.29) is 23.2 Å². The zero-order valence-corrected chi connectivity index (χ0v) is 20.1. The van der Waals surface area contributed by atoms with Crippen molar-refractivity contribution < 1.29 is 9.18 Å². The van der Waals surface area contributed by atoms with Gasteiger partial charge >= 0.3 is 0 Å². The van der Waals surface area contributed by atoms with Crippen LogP contribution >= 0.6 is 12.2 Å². The van der Waals surface area contributed by atoms with Crippen molar-refractivity contribution in [1.82, 2.24) is 29.0 Å². The van der Waals surface area contributed by atoms with Crippen LogP contribution in [0.25, 0.3) is 5.69 Å². The Hall–Kier alpha value is -2.10. The maximum absolute atomic E-state index is 13.5. The molecule has 1 aliphatic heterocycles. The molecule has 0 radical (unpaired) electrons. The summed E-state index contributed by atoms with van der Waals surface area (Å²) in [4.78, 5) is 18.8. The average molecular weight is 449 g/mol. The number of rotatable bonds is 5. The molecule has 9 heteroatoms. The van der Waals surface area contributed by atoms with Crippen molar-refractivity contribution in [2.24, 2.45) is 5.41 Å². The van der Waals surface area contributed by atoms with Gasteiger partial charge in [-0.05, 0) is 57.5 Å².